The molecule has 1 unspecified atom stereocenters. The average Bonchev–Trinajstić information content (AvgIpc) is 2.73. The van der Waals surface area contributed by atoms with Crippen LogP contribution >= 0.6 is 0 Å². The molecule has 0 aliphatic carbocycles. The van der Waals surface area contributed by atoms with E-state index in [1.165, 1.54) is 19.3 Å². The Balaban J connectivity index is 1.92. The molecule has 0 amide bonds. The fourth-order valence-electron chi connectivity index (χ4n) is 2.51. The molecular formula is C14H26N4O. The number of aromatic nitrogens is 2. The number of nitrogens with one attached hydrogen (secondary N) is 1. The van der Waals surface area contributed by atoms with E-state index < -0.39 is 0 Å². The number of piperidine rings is 1. The minimum atomic E-state index is 0.172. The van der Waals surface area contributed by atoms with Gasteiger partial charge in [-0.3, -0.25) is 4.90 Å². The van der Waals surface area contributed by atoms with Gasteiger partial charge in [-0.15, -0.1) is 0 Å². The predicted octanol–water partition coefficient (Wildman–Crippen LogP) is 2.12. The van der Waals surface area contributed by atoms with Crippen molar-refractivity contribution in [3.05, 3.63) is 11.7 Å². The summed E-state index contributed by atoms with van der Waals surface area (Å²) < 4.78 is 5.05. The van der Waals surface area contributed by atoms with E-state index in [0.29, 0.717) is 11.9 Å². The number of hydrogen-bond donors (Lipinski definition) is 1. The maximum atomic E-state index is 5.05. The smallest absolute Gasteiger partial charge is 0.223 e. The molecule has 1 fully saturated rings. The molecule has 2 heterocycles. The van der Waals surface area contributed by atoms with E-state index in [1.807, 2.05) is 6.92 Å². The van der Waals surface area contributed by atoms with Crippen LogP contribution in [0, 0.1) is 6.92 Å². The summed E-state index contributed by atoms with van der Waals surface area (Å²) in [7, 11) is 0. The maximum Gasteiger partial charge on any atom is 0.223 e. The van der Waals surface area contributed by atoms with Gasteiger partial charge in [-0.25, -0.2) is 0 Å². The normalized spacial score (nSPS) is 21.8. The molecule has 0 bridgehead atoms. The van der Waals surface area contributed by atoms with Crippen molar-refractivity contribution < 1.29 is 4.52 Å². The van der Waals surface area contributed by atoms with E-state index in [0.717, 1.165) is 25.5 Å². The summed E-state index contributed by atoms with van der Waals surface area (Å²) in [5.74, 6) is 1.46. The molecule has 1 aromatic heterocycles. The Morgan fingerprint density at radius 3 is 2.79 bits per heavy atom. The van der Waals surface area contributed by atoms with Crippen LogP contribution in [0.3, 0.4) is 0 Å². The Kier molecular flexibility index (Phi) is 4.58. The molecule has 19 heavy (non-hydrogen) atoms. The minimum absolute atomic E-state index is 0.172. The van der Waals surface area contributed by atoms with Crippen molar-refractivity contribution in [2.24, 2.45) is 0 Å². The molecule has 5 heteroatoms. The van der Waals surface area contributed by atoms with Crippen LogP contribution in [0.4, 0.5) is 0 Å². The summed E-state index contributed by atoms with van der Waals surface area (Å²) in [6, 6.07) is 0.576. The monoisotopic (exact) mass is 266 g/mol. The quantitative estimate of drug-likeness (QED) is 0.904. The van der Waals surface area contributed by atoms with Gasteiger partial charge in [0.1, 0.15) is 0 Å². The number of rotatable bonds is 4. The average molecular weight is 266 g/mol. The molecule has 1 aromatic rings. The molecule has 0 aromatic carbocycles. The van der Waals surface area contributed by atoms with E-state index in [4.69, 9.17) is 4.52 Å². The van der Waals surface area contributed by atoms with E-state index in [1.54, 1.807) is 0 Å². The second-order valence-corrected chi connectivity index (χ2v) is 6.48. The van der Waals surface area contributed by atoms with Gasteiger partial charge in [0, 0.05) is 25.0 Å². The standard InChI is InChI=1S/C14H26N4O/c1-11-16-13(17-19-11)10-18-8-6-5-7-12(18)9-15-14(2,3)4/h12,15H,5-10H2,1-4H3. The first-order valence-corrected chi connectivity index (χ1v) is 7.22. The maximum absolute atomic E-state index is 5.05. The first-order chi connectivity index (χ1) is 8.94. The van der Waals surface area contributed by atoms with Crippen LogP contribution < -0.4 is 5.32 Å². The number of nitrogens with zero attached hydrogens (tertiary/aromatic N) is 3. The molecule has 1 atom stereocenters. The third-order valence-electron chi connectivity index (χ3n) is 3.53. The molecule has 1 aliphatic rings. The molecule has 5 nitrogen and oxygen atoms in total. The van der Waals surface area contributed by atoms with Gasteiger partial charge in [0.25, 0.3) is 0 Å². The lowest BCUT2D eigenvalue weighted by Gasteiger charge is -2.36. The lowest BCUT2D eigenvalue weighted by Crippen LogP contribution is -2.49. The molecule has 1 aliphatic heterocycles. The zero-order valence-corrected chi connectivity index (χ0v) is 12.6. The van der Waals surface area contributed by atoms with E-state index in [2.05, 4.69) is 41.1 Å². The van der Waals surface area contributed by atoms with Gasteiger partial charge in [0.15, 0.2) is 5.82 Å². The Hall–Kier alpha value is -0.940. The second kappa shape index (κ2) is 6.01. The van der Waals surface area contributed by atoms with Gasteiger partial charge in [-0.2, -0.15) is 4.98 Å². The van der Waals surface area contributed by atoms with E-state index in [9.17, 15) is 0 Å². The van der Waals surface area contributed by atoms with E-state index in [-0.39, 0.29) is 5.54 Å². The minimum Gasteiger partial charge on any atom is -0.340 e. The fourth-order valence-corrected chi connectivity index (χ4v) is 2.51. The van der Waals surface area contributed by atoms with Gasteiger partial charge in [0.2, 0.25) is 5.89 Å². The summed E-state index contributed by atoms with van der Waals surface area (Å²) in [4.78, 5) is 6.79. The summed E-state index contributed by atoms with van der Waals surface area (Å²) >= 11 is 0. The van der Waals surface area contributed by atoms with Crippen LogP contribution in [0.5, 0.6) is 0 Å². The van der Waals surface area contributed by atoms with Crippen molar-refractivity contribution in [3.63, 3.8) is 0 Å². The highest BCUT2D eigenvalue weighted by Gasteiger charge is 2.25. The third kappa shape index (κ3) is 4.58. The highest BCUT2D eigenvalue weighted by molar-refractivity contribution is 4.88. The molecule has 108 valence electrons. The lowest BCUT2D eigenvalue weighted by molar-refractivity contribution is 0.126. The van der Waals surface area contributed by atoms with Crippen LogP contribution in [-0.2, 0) is 6.54 Å². The van der Waals surface area contributed by atoms with Crippen molar-refractivity contribution in [2.45, 2.75) is 65.1 Å². The van der Waals surface area contributed by atoms with Crippen molar-refractivity contribution in [1.82, 2.24) is 20.4 Å². The van der Waals surface area contributed by atoms with Crippen LogP contribution in [0.15, 0.2) is 4.52 Å². The van der Waals surface area contributed by atoms with Gasteiger partial charge >= 0.3 is 0 Å². The fraction of sp³-hybridized carbons (Fsp3) is 0.857. The molecule has 1 saturated heterocycles. The number of likely N-dealkylation sites (tertiary alicyclic amines) is 1. The molecule has 0 spiro atoms. The summed E-state index contributed by atoms with van der Waals surface area (Å²) in [5, 5.41) is 7.61. The Morgan fingerprint density at radius 1 is 1.37 bits per heavy atom. The molecule has 2 rings (SSSR count). The summed E-state index contributed by atoms with van der Waals surface area (Å²) in [6.07, 6.45) is 3.83. The van der Waals surface area contributed by atoms with Crippen LogP contribution in [0.2, 0.25) is 0 Å². The van der Waals surface area contributed by atoms with Gasteiger partial charge in [-0.05, 0) is 40.2 Å². The van der Waals surface area contributed by atoms with Gasteiger partial charge < -0.3 is 9.84 Å². The molecule has 0 saturated carbocycles. The van der Waals surface area contributed by atoms with Crippen molar-refractivity contribution >= 4 is 0 Å². The topological polar surface area (TPSA) is 54.2 Å². The third-order valence-corrected chi connectivity index (χ3v) is 3.53. The highest BCUT2D eigenvalue weighted by Crippen LogP contribution is 2.19. The first kappa shape index (κ1) is 14.5. The number of hydrogen-bond acceptors (Lipinski definition) is 5. The van der Waals surface area contributed by atoms with Crippen LogP contribution in [0.1, 0.15) is 51.7 Å². The Labute approximate surface area is 115 Å². The van der Waals surface area contributed by atoms with Crippen molar-refractivity contribution in [1.29, 1.82) is 0 Å². The molecule has 0 radical (unpaired) electrons. The molecular weight excluding hydrogens is 240 g/mol. The van der Waals surface area contributed by atoms with Crippen molar-refractivity contribution in [2.75, 3.05) is 13.1 Å². The largest absolute Gasteiger partial charge is 0.340 e. The van der Waals surface area contributed by atoms with Gasteiger partial charge in [-0.1, -0.05) is 11.6 Å². The van der Waals surface area contributed by atoms with Crippen LogP contribution in [0.25, 0.3) is 0 Å². The van der Waals surface area contributed by atoms with Gasteiger partial charge in [0.05, 0.1) is 6.54 Å². The zero-order valence-electron chi connectivity index (χ0n) is 12.6. The Bertz CT molecular complexity index is 396. The summed E-state index contributed by atoms with van der Waals surface area (Å²) in [6.45, 7) is 11.4. The first-order valence-electron chi connectivity index (χ1n) is 7.22. The van der Waals surface area contributed by atoms with Crippen molar-refractivity contribution in [3.8, 4) is 0 Å². The zero-order chi connectivity index (χ0) is 13.9. The highest BCUT2D eigenvalue weighted by atomic mass is 16.5. The second-order valence-electron chi connectivity index (χ2n) is 6.48. The molecule has 1 N–H and O–H groups in total. The Morgan fingerprint density at radius 2 is 2.16 bits per heavy atom. The summed E-state index contributed by atoms with van der Waals surface area (Å²) in [5.41, 5.74) is 0.172. The SMILES string of the molecule is Cc1nc(CN2CCCCC2CNC(C)(C)C)no1. The predicted molar refractivity (Wildman–Crippen MR) is 74.8 cm³/mol. The number of aryl methyl sites for hydroxylation is 1. The van der Waals surface area contributed by atoms with E-state index >= 15 is 0 Å². The van der Waals surface area contributed by atoms with Crippen LogP contribution in [-0.4, -0.2) is 39.7 Å². The lowest BCUT2D eigenvalue weighted by atomic mass is 10.0.